The summed E-state index contributed by atoms with van der Waals surface area (Å²) in [4.78, 5) is 29.6. The highest BCUT2D eigenvalue weighted by atomic mass is 32.2. The Morgan fingerprint density at radius 1 is 0.912 bits per heavy atom. The lowest BCUT2D eigenvalue weighted by Gasteiger charge is -2.36. The van der Waals surface area contributed by atoms with E-state index in [9.17, 15) is 18.0 Å². The molecule has 1 amide bonds. The van der Waals surface area contributed by atoms with Crippen LogP contribution in [0.4, 0.5) is 5.69 Å². The second-order valence-corrected chi connectivity index (χ2v) is 10.9. The van der Waals surface area contributed by atoms with Crippen LogP contribution >= 0.6 is 11.3 Å². The Labute approximate surface area is 204 Å². The molecule has 2 heterocycles. The minimum absolute atomic E-state index is 0.0370. The summed E-state index contributed by atoms with van der Waals surface area (Å²) in [5.41, 5.74) is 2.18. The van der Waals surface area contributed by atoms with E-state index in [1.54, 1.807) is 35.3 Å². The molecule has 2 aromatic carbocycles. The van der Waals surface area contributed by atoms with Crippen molar-refractivity contribution in [3.63, 3.8) is 0 Å². The van der Waals surface area contributed by atoms with E-state index >= 15 is 0 Å². The summed E-state index contributed by atoms with van der Waals surface area (Å²) >= 11 is 1.60. The smallest absolute Gasteiger partial charge is 0.253 e. The first kappa shape index (κ1) is 24.1. The minimum Gasteiger partial charge on any atom is -0.368 e. The van der Waals surface area contributed by atoms with Gasteiger partial charge in [-0.2, -0.15) is 0 Å². The zero-order chi connectivity index (χ0) is 24.1. The lowest BCUT2D eigenvalue weighted by molar-refractivity contribution is 0.0746. The van der Waals surface area contributed by atoms with E-state index in [4.69, 9.17) is 0 Å². The van der Waals surface area contributed by atoms with Crippen molar-refractivity contribution in [2.24, 2.45) is 0 Å². The van der Waals surface area contributed by atoms with Crippen LogP contribution in [-0.2, 0) is 16.4 Å². The van der Waals surface area contributed by atoms with E-state index in [2.05, 4.69) is 9.62 Å². The molecular formula is C25H27N3O4S2. The number of hydrogen-bond acceptors (Lipinski definition) is 6. The maximum atomic E-state index is 12.9. The van der Waals surface area contributed by atoms with Gasteiger partial charge in [0.25, 0.3) is 5.91 Å². The number of anilines is 1. The number of nitrogens with one attached hydrogen (secondary N) is 1. The molecule has 7 nitrogen and oxygen atoms in total. The number of sulfonamides is 1. The number of thiophene rings is 1. The predicted octanol–water partition coefficient (Wildman–Crippen LogP) is 3.43. The summed E-state index contributed by atoms with van der Waals surface area (Å²) in [6.07, 6.45) is 0.639. The molecule has 1 fully saturated rings. The number of ketones is 1. The van der Waals surface area contributed by atoms with Crippen molar-refractivity contribution in [3.05, 3.63) is 82.0 Å². The number of carbonyl (C=O) groups excluding carboxylic acids is 2. The van der Waals surface area contributed by atoms with Crippen molar-refractivity contribution in [2.75, 3.05) is 37.6 Å². The fourth-order valence-electron chi connectivity index (χ4n) is 3.88. The predicted molar refractivity (Wildman–Crippen MR) is 134 cm³/mol. The Morgan fingerprint density at radius 2 is 1.56 bits per heavy atom. The van der Waals surface area contributed by atoms with Crippen molar-refractivity contribution >= 4 is 38.7 Å². The van der Waals surface area contributed by atoms with Crippen LogP contribution in [0.2, 0.25) is 0 Å². The van der Waals surface area contributed by atoms with Crippen LogP contribution in [-0.4, -0.2) is 57.7 Å². The second-order valence-electron chi connectivity index (χ2n) is 8.13. The first-order chi connectivity index (χ1) is 16.3. The number of amides is 1. The fraction of sp³-hybridized carbons (Fsp3) is 0.280. The lowest BCUT2D eigenvalue weighted by atomic mass is 10.1. The zero-order valence-corrected chi connectivity index (χ0v) is 20.6. The van der Waals surface area contributed by atoms with Gasteiger partial charge in [0.2, 0.25) is 10.0 Å². The van der Waals surface area contributed by atoms with Crippen molar-refractivity contribution in [2.45, 2.75) is 18.2 Å². The number of Topliss-reactive ketones (excluding diaryl/α,β-unsaturated/α-hetero) is 1. The van der Waals surface area contributed by atoms with Gasteiger partial charge in [-0.05, 0) is 73.3 Å². The summed E-state index contributed by atoms with van der Waals surface area (Å²) in [6.45, 7) is 4.38. The molecule has 1 N–H and O–H groups in total. The third-order valence-corrected chi connectivity index (χ3v) is 8.27. The summed E-state index contributed by atoms with van der Waals surface area (Å²) in [6, 6.07) is 17.5. The molecule has 0 saturated carbocycles. The normalized spacial score (nSPS) is 14.3. The molecule has 178 valence electrons. The molecule has 0 spiro atoms. The number of benzene rings is 2. The third kappa shape index (κ3) is 5.72. The van der Waals surface area contributed by atoms with Gasteiger partial charge in [-0.15, -0.1) is 11.3 Å². The summed E-state index contributed by atoms with van der Waals surface area (Å²) in [5.74, 6) is -0.0730. The summed E-state index contributed by atoms with van der Waals surface area (Å²) < 4.78 is 27.7. The van der Waals surface area contributed by atoms with Crippen molar-refractivity contribution in [1.82, 2.24) is 9.62 Å². The van der Waals surface area contributed by atoms with Gasteiger partial charge in [-0.3, -0.25) is 9.59 Å². The zero-order valence-electron chi connectivity index (χ0n) is 18.9. The number of rotatable bonds is 8. The van der Waals surface area contributed by atoms with Crippen LogP contribution in [0.1, 0.15) is 32.5 Å². The van der Waals surface area contributed by atoms with Gasteiger partial charge in [0, 0.05) is 54.4 Å². The fourth-order valence-corrected chi connectivity index (χ4v) is 5.62. The van der Waals surface area contributed by atoms with Crippen LogP contribution in [0.25, 0.3) is 0 Å². The minimum atomic E-state index is -3.63. The Kier molecular flexibility index (Phi) is 7.45. The van der Waals surface area contributed by atoms with Crippen LogP contribution in [0, 0.1) is 0 Å². The molecule has 0 atom stereocenters. The second kappa shape index (κ2) is 10.5. The molecule has 3 aromatic rings. The molecule has 0 unspecified atom stereocenters. The Balaban J connectivity index is 1.31. The molecule has 1 aromatic heterocycles. The largest absolute Gasteiger partial charge is 0.368 e. The Hall–Kier alpha value is -3.01. The highest BCUT2D eigenvalue weighted by Crippen LogP contribution is 2.19. The quantitative estimate of drug-likeness (QED) is 0.482. The van der Waals surface area contributed by atoms with Crippen molar-refractivity contribution < 1.29 is 18.0 Å². The van der Waals surface area contributed by atoms with Gasteiger partial charge in [-0.25, -0.2) is 13.1 Å². The molecule has 1 aliphatic heterocycles. The third-order valence-electron chi connectivity index (χ3n) is 5.86. The SMILES string of the molecule is CC(=O)c1ccc(N2CCN(C(=O)c3ccc(S(=O)(=O)NCCc4cccs4)cc3)CC2)cc1. The van der Waals surface area contributed by atoms with E-state index in [-0.39, 0.29) is 16.6 Å². The van der Waals surface area contributed by atoms with E-state index in [1.165, 1.54) is 12.1 Å². The molecular weight excluding hydrogens is 470 g/mol. The average molecular weight is 498 g/mol. The highest BCUT2D eigenvalue weighted by Gasteiger charge is 2.23. The van der Waals surface area contributed by atoms with Gasteiger partial charge in [0.05, 0.1) is 4.90 Å². The molecule has 4 rings (SSSR count). The Morgan fingerprint density at radius 3 is 2.15 bits per heavy atom. The Bertz CT molecular complexity index is 1230. The van der Waals surface area contributed by atoms with Crippen molar-refractivity contribution in [1.29, 1.82) is 0 Å². The van der Waals surface area contributed by atoms with Crippen LogP contribution in [0.5, 0.6) is 0 Å². The van der Waals surface area contributed by atoms with Crippen LogP contribution in [0.3, 0.4) is 0 Å². The number of hydrogen-bond donors (Lipinski definition) is 1. The van der Waals surface area contributed by atoms with Gasteiger partial charge in [0.15, 0.2) is 5.78 Å². The molecule has 0 aliphatic carbocycles. The molecule has 1 saturated heterocycles. The highest BCUT2D eigenvalue weighted by molar-refractivity contribution is 7.89. The van der Waals surface area contributed by atoms with Gasteiger partial charge < -0.3 is 9.80 Å². The number of carbonyl (C=O) groups is 2. The maximum absolute atomic E-state index is 12.9. The van der Waals surface area contributed by atoms with Crippen LogP contribution in [0.15, 0.2) is 70.9 Å². The standard InChI is InChI=1S/C25H27N3O4S2/c1-19(29)20-4-8-22(9-5-20)27-14-16-28(17-15-27)25(30)21-6-10-24(11-7-21)34(31,32)26-13-12-23-3-2-18-33-23/h2-11,18,26H,12-17H2,1H3. The molecule has 0 bridgehead atoms. The van der Waals surface area contributed by atoms with Crippen LogP contribution < -0.4 is 9.62 Å². The van der Waals surface area contributed by atoms with Crippen molar-refractivity contribution in [3.8, 4) is 0 Å². The van der Waals surface area contributed by atoms with E-state index in [0.29, 0.717) is 50.3 Å². The monoisotopic (exact) mass is 497 g/mol. The first-order valence-corrected chi connectivity index (χ1v) is 13.5. The van der Waals surface area contributed by atoms with Gasteiger partial charge >= 0.3 is 0 Å². The molecule has 1 aliphatic rings. The van der Waals surface area contributed by atoms with Gasteiger partial charge in [-0.1, -0.05) is 6.07 Å². The van der Waals surface area contributed by atoms with E-state index in [1.807, 2.05) is 41.8 Å². The van der Waals surface area contributed by atoms with Gasteiger partial charge in [0.1, 0.15) is 0 Å². The number of nitrogens with zero attached hydrogens (tertiary/aromatic N) is 2. The average Bonchev–Trinajstić information content (AvgIpc) is 3.37. The molecule has 34 heavy (non-hydrogen) atoms. The summed E-state index contributed by atoms with van der Waals surface area (Å²) in [7, 11) is -3.63. The number of piperazine rings is 1. The topological polar surface area (TPSA) is 86.8 Å². The van der Waals surface area contributed by atoms with E-state index < -0.39 is 10.0 Å². The van der Waals surface area contributed by atoms with E-state index in [0.717, 1.165) is 10.6 Å². The lowest BCUT2D eigenvalue weighted by Crippen LogP contribution is -2.48. The maximum Gasteiger partial charge on any atom is 0.253 e. The summed E-state index contributed by atoms with van der Waals surface area (Å²) in [5, 5.41) is 1.96. The molecule has 9 heteroatoms. The molecule has 0 radical (unpaired) electrons. The first-order valence-electron chi connectivity index (χ1n) is 11.1.